The molecule has 0 aliphatic carbocycles. The van der Waals surface area contributed by atoms with Gasteiger partial charge in [-0.1, -0.05) is 6.08 Å². The van der Waals surface area contributed by atoms with Gasteiger partial charge in [-0.25, -0.2) is 0 Å². The molecule has 0 fully saturated rings. The number of carboxylic acid groups (broad SMARTS) is 3. The highest BCUT2D eigenvalue weighted by Crippen LogP contribution is 2.20. The fourth-order valence-electron chi connectivity index (χ4n) is 0.738. The normalized spacial score (nSPS) is 11.5. The molecule has 0 radical (unpaired) electrons. The molecule has 0 aromatic carbocycles. The van der Waals surface area contributed by atoms with Crippen molar-refractivity contribution >= 4 is 17.9 Å². The van der Waals surface area contributed by atoms with E-state index in [1.807, 2.05) is 0 Å². The summed E-state index contributed by atoms with van der Waals surface area (Å²) in [5, 5.41) is 25.4. The van der Waals surface area contributed by atoms with E-state index in [2.05, 4.69) is 0 Å². The molecule has 0 aliphatic rings. The molecule has 0 spiro atoms. The van der Waals surface area contributed by atoms with Crippen LogP contribution < -0.4 is 0 Å². The first-order valence-electron chi connectivity index (χ1n) is 3.23. The average Bonchev–Trinajstić information content (AvgIpc) is 1.97. The number of carboxylic acids is 3. The zero-order valence-electron chi connectivity index (χ0n) is 6.72. The van der Waals surface area contributed by atoms with E-state index in [9.17, 15) is 14.4 Å². The third kappa shape index (κ3) is 1.66. The van der Waals surface area contributed by atoms with E-state index >= 15 is 0 Å². The number of hydrogen-bond donors (Lipinski definition) is 3. The number of allylic oxidation sites excluding steroid dienone is 1. The van der Waals surface area contributed by atoms with Gasteiger partial charge < -0.3 is 15.3 Å². The smallest absolute Gasteiger partial charge is 0.336 e. The van der Waals surface area contributed by atoms with Crippen LogP contribution in [0, 0.1) is 5.41 Å². The molecule has 6 heteroatoms. The van der Waals surface area contributed by atoms with Crippen molar-refractivity contribution in [3.63, 3.8) is 0 Å². The van der Waals surface area contributed by atoms with Gasteiger partial charge >= 0.3 is 17.9 Å². The summed E-state index contributed by atoms with van der Waals surface area (Å²) in [7, 11) is 0. The Morgan fingerprint density at radius 1 is 1.00 bits per heavy atom. The Bertz CT molecular complexity index is 241. The van der Waals surface area contributed by atoms with Gasteiger partial charge in [-0.05, 0) is 13.0 Å². The third-order valence-electron chi connectivity index (χ3n) is 1.43. The Balaban J connectivity index is 5.45. The number of carbonyl (C=O) groups is 3. The standard InChI is InChI=1S/C7H8O6/c1-2-3-7(4(8)9,5(10)11)6(12)13/h2-3H,1H3,(H,8,9)(H,10,11)(H,12,13)/b3-2+. The lowest BCUT2D eigenvalue weighted by Crippen LogP contribution is -2.44. The highest BCUT2D eigenvalue weighted by atomic mass is 16.4. The Hall–Kier alpha value is -1.85. The van der Waals surface area contributed by atoms with Gasteiger partial charge in [0.15, 0.2) is 0 Å². The van der Waals surface area contributed by atoms with Crippen LogP contribution in [0.4, 0.5) is 0 Å². The van der Waals surface area contributed by atoms with E-state index in [-0.39, 0.29) is 0 Å². The molecule has 0 unspecified atom stereocenters. The monoisotopic (exact) mass is 188 g/mol. The first-order chi connectivity index (χ1) is 5.89. The zero-order valence-corrected chi connectivity index (χ0v) is 6.72. The highest BCUT2D eigenvalue weighted by molar-refractivity contribution is 6.18. The molecule has 0 bridgehead atoms. The van der Waals surface area contributed by atoms with E-state index in [1.165, 1.54) is 6.92 Å². The van der Waals surface area contributed by atoms with Gasteiger partial charge in [0.25, 0.3) is 5.41 Å². The van der Waals surface area contributed by atoms with E-state index in [4.69, 9.17) is 15.3 Å². The molecule has 0 aromatic heterocycles. The van der Waals surface area contributed by atoms with E-state index in [0.29, 0.717) is 6.08 Å². The van der Waals surface area contributed by atoms with E-state index in [1.54, 1.807) is 0 Å². The minimum atomic E-state index is -2.88. The van der Waals surface area contributed by atoms with Gasteiger partial charge in [0.2, 0.25) is 0 Å². The van der Waals surface area contributed by atoms with Crippen molar-refractivity contribution in [2.75, 3.05) is 0 Å². The Morgan fingerprint density at radius 2 is 1.31 bits per heavy atom. The molecule has 0 saturated carbocycles. The molecule has 72 valence electrons. The molecule has 0 rings (SSSR count). The minimum absolute atomic E-state index is 0.611. The second-order valence-corrected chi connectivity index (χ2v) is 2.22. The van der Waals surface area contributed by atoms with Crippen molar-refractivity contribution in [1.82, 2.24) is 0 Å². The second kappa shape index (κ2) is 3.70. The summed E-state index contributed by atoms with van der Waals surface area (Å²) in [6.45, 7) is 1.34. The van der Waals surface area contributed by atoms with E-state index in [0.717, 1.165) is 6.08 Å². The van der Waals surface area contributed by atoms with Crippen LogP contribution in [0.1, 0.15) is 6.92 Å². The molecule has 6 nitrogen and oxygen atoms in total. The van der Waals surface area contributed by atoms with Gasteiger partial charge in [0, 0.05) is 0 Å². The number of aliphatic carboxylic acids is 3. The molecule has 0 aromatic rings. The largest absolute Gasteiger partial charge is 0.480 e. The van der Waals surface area contributed by atoms with Gasteiger partial charge in [0.1, 0.15) is 0 Å². The Labute approximate surface area is 73.1 Å². The van der Waals surface area contributed by atoms with Crippen molar-refractivity contribution in [1.29, 1.82) is 0 Å². The van der Waals surface area contributed by atoms with Crippen molar-refractivity contribution in [3.05, 3.63) is 12.2 Å². The summed E-state index contributed by atoms with van der Waals surface area (Å²) in [6.07, 6.45) is 1.68. The van der Waals surface area contributed by atoms with Crippen LogP contribution in [0.25, 0.3) is 0 Å². The van der Waals surface area contributed by atoms with Crippen LogP contribution >= 0.6 is 0 Å². The minimum Gasteiger partial charge on any atom is -0.480 e. The molecule has 0 heterocycles. The molecular weight excluding hydrogens is 180 g/mol. The summed E-state index contributed by atoms with van der Waals surface area (Å²) in [6, 6.07) is 0. The molecule has 0 atom stereocenters. The first kappa shape index (κ1) is 11.2. The second-order valence-electron chi connectivity index (χ2n) is 2.22. The predicted octanol–water partition coefficient (Wildman–Crippen LogP) is -0.197. The Morgan fingerprint density at radius 3 is 1.38 bits per heavy atom. The fraction of sp³-hybridized carbons (Fsp3) is 0.286. The maximum absolute atomic E-state index is 10.5. The molecule has 0 amide bonds. The number of hydrogen-bond acceptors (Lipinski definition) is 3. The highest BCUT2D eigenvalue weighted by Gasteiger charge is 2.52. The third-order valence-corrected chi connectivity index (χ3v) is 1.43. The maximum atomic E-state index is 10.5. The number of rotatable bonds is 4. The zero-order chi connectivity index (χ0) is 10.6. The van der Waals surface area contributed by atoms with E-state index < -0.39 is 23.3 Å². The fourth-order valence-corrected chi connectivity index (χ4v) is 0.738. The van der Waals surface area contributed by atoms with Crippen LogP contribution in [0.15, 0.2) is 12.2 Å². The van der Waals surface area contributed by atoms with Gasteiger partial charge in [0.05, 0.1) is 0 Å². The predicted molar refractivity (Wildman–Crippen MR) is 40.2 cm³/mol. The van der Waals surface area contributed by atoms with Gasteiger partial charge in [-0.3, -0.25) is 14.4 Å². The van der Waals surface area contributed by atoms with Crippen molar-refractivity contribution in [2.24, 2.45) is 5.41 Å². The van der Waals surface area contributed by atoms with Crippen LogP contribution in [-0.2, 0) is 14.4 Å². The average molecular weight is 188 g/mol. The maximum Gasteiger partial charge on any atom is 0.336 e. The van der Waals surface area contributed by atoms with Crippen molar-refractivity contribution in [2.45, 2.75) is 6.92 Å². The van der Waals surface area contributed by atoms with Crippen LogP contribution in [0.2, 0.25) is 0 Å². The molecule has 13 heavy (non-hydrogen) atoms. The molecule has 3 N–H and O–H groups in total. The summed E-state index contributed by atoms with van der Waals surface area (Å²) in [4.78, 5) is 31.4. The van der Waals surface area contributed by atoms with Crippen LogP contribution in [-0.4, -0.2) is 33.2 Å². The van der Waals surface area contributed by atoms with Crippen LogP contribution in [0.5, 0.6) is 0 Å². The lowest BCUT2D eigenvalue weighted by Gasteiger charge is -2.14. The molecule has 0 aliphatic heterocycles. The quantitative estimate of drug-likeness (QED) is 0.416. The molecule has 0 saturated heterocycles. The summed E-state index contributed by atoms with van der Waals surface area (Å²) in [5.41, 5.74) is -2.88. The summed E-state index contributed by atoms with van der Waals surface area (Å²) < 4.78 is 0. The van der Waals surface area contributed by atoms with Crippen LogP contribution in [0.3, 0.4) is 0 Å². The SMILES string of the molecule is C/C=C/C(C(=O)O)(C(=O)O)C(=O)O. The van der Waals surface area contributed by atoms with Crippen molar-refractivity contribution < 1.29 is 29.7 Å². The summed E-state index contributed by atoms with van der Waals surface area (Å²) >= 11 is 0. The topological polar surface area (TPSA) is 112 Å². The van der Waals surface area contributed by atoms with Gasteiger partial charge in [-0.15, -0.1) is 0 Å². The van der Waals surface area contributed by atoms with Crippen molar-refractivity contribution in [3.8, 4) is 0 Å². The molecular formula is C7H8O6. The lowest BCUT2D eigenvalue weighted by molar-refractivity contribution is -0.171. The Kier molecular flexibility index (Phi) is 3.18. The first-order valence-corrected chi connectivity index (χ1v) is 3.23. The lowest BCUT2D eigenvalue weighted by atomic mass is 9.88. The van der Waals surface area contributed by atoms with Gasteiger partial charge in [-0.2, -0.15) is 0 Å². The summed E-state index contributed by atoms with van der Waals surface area (Å²) in [5.74, 6) is -5.78.